The molecule has 0 saturated carbocycles. The van der Waals surface area contributed by atoms with E-state index in [0.717, 1.165) is 23.5 Å². The molecule has 1 unspecified atom stereocenters. The van der Waals surface area contributed by atoms with Crippen molar-refractivity contribution < 1.29 is 0 Å². The Hall–Kier alpha value is -0.920. The van der Waals surface area contributed by atoms with Gasteiger partial charge in [0.05, 0.1) is 17.1 Å². The second-order valence-electron chi connectivity index (χ2n) is 3.76. The summed E-state index contributed by atoms with van der Waals surface area (Å²) in [5.74, 6) is 0.704. The van der Waals surface area contributed by atoms with Gasteiger partial charge in [0, 0.05) is 6.20 Å². The maximum absolute atomic E-state index is 4.40. The third kappa shape index (κ3) is 2.79. The van der Waals surface area contributed by atoms with Gasteiger partial charge in [-0.15, -0.1) is 0 Å². The maximum atomic E-state index is 4.40. The summed E-state index contributed by atoms with van der Waals surface area (Å²) < 4.78 is 0. The molecule has 1 rings (SSSR count). The van der Waals surface area contributed by atoms with E-state index in [1.165, 1.54) is 6.42 Å². The number of aromatic nitrogens is 2. The summed E-state index contributed by atoms with van der Waals surface area (Å²) >= 11 is 0. The standard InChI is InChI=1S/C11H18N2/c1-5-8(2)6-11-10(4)13-9(3)7-12-11/h7-8H,5-6H2,1-4H3. The predicted molar refractivity (Wildman–Crippen MR) is 54.7 cm³/mol. The molecular formula is C11H18N2. The van der Waals surface area contributed by atoms with E-state index in [4.69, 9.17) is 0 Å². The Balaban J connectivity index is 2.77. The zero-order chi connectivity index (χ0) is 9.84. The maximum Gasteiger partial charge on any atom is 0.0618 e. The molecule has 1 heterocycles. The smallest absolute Gasteiger partial charge is 0.0618 e. The van der Waals surface area contributed by atoms with E-state index >= 15 is 0 Å². The van der Waals surface area contributed by atoms with Gasteiger partial charge in [0.1, 0.15) is 0 Å². The summed E-state index contributed by atoms with van der Waals surface area (Å²) in [6, 6.07) is 0. The summed E-state index contributed by atoms with van der Waals surface area (Å²) in [7, 11) is 0. The summed E-state index contributed by atoms with van der Waals surface area (Å²) in [6.45, 7) is 8.48. The van der Waals surface area contributed by atoms with Crippen LogP contribution in [-0.4, -0.2) is 9.97 Å². The number of hydrogen-bond acceptors (Lipinski definition) is 2. The van der Waals surface area contributed by atoms with Crippen LogP contribution in [0.1, 0.15) is 37.4 Å². The highest BCUT2D eigenvalue weighted by Crippen LogP contribution is 2.11. The molecule has 0 aliphatic carbocycles. The molecule has 13 heavy (non-hydrogen) atoms. The molecule has 0 radical (unpaired) electrons. The molecule has 2 heteroatoms. The first-order valence-electron chi connectivity index (χ1n) is 4.92. The van der Waals surface area contributed by atoms with Crippen LogP contribution in [0.5, 0.6) is 0 Å². The van der Waals surface area contributed by atoms with Crippen LogP contribution in [-0.2, 0) is 6.42 Å². The van der Waals surface area contributed by atoms with Gasteiger partial charge in [-0.3, -0.25) is 9.97 Å². The molecule has 0 bridgehead atoms. The number of nitrogens with zero attached hydrogens (tertiary/aromatic N) is 2. The average Bonchev–Trinajstić information content (AvgIpc) is 2.09. The van der Waals surface area contributed by atoms with E-state index in [0.29, 0.717) is 5.92 Å². The van der Waals surface area contributed by atoms with Crippen LogP contribution in [0.3, 0.4) is 0 Å². The van der Waals surface area contributed by atoms with Crippen LogP contribution >= 0.6 is 0 Å². The van der Waals surface area contributed by atoms with Crippen LogP contribution in [0, 0.1) is 19.8 Å². The second kappa shape index (κ2) is 4.35. The first kappa shape index (κ1) is 10.2. The number of aryl methyl sites for hydroxylation is 2. The summed E-state index contributed by atoms with van der Waals surface area (Å²) in [5, 5.41) is 0. The number of hydrogen-bond donors (Lipinski definition) is 0. The van der Waals surface area contributed by atoms with Crippen molar-refractivity contribution in [1.29, 1.82) is 0 Å². The van der Waals surface area contributed by atoms with Crippen molar-refractivity contribution in [3.63, 3.8) is 0 Å². The van der Waals surface area contributed by atoms with Crippen molar-refractivity contribution >= 4 is 0 Å². The third-order valence-corrected chi connectivity index (χ3v) is 2.41. The van der Waals surface area contributed by atoms with Crippen molar-refractivity contribution in [3.05, 3.63) is 23.3 Å². The second-order valence-corrected chi connectivity index (χ2v) is 3.76. The molecule has 1 atom stereocenters. The quantitative estimate of drug-likeness (QED) is 0.711. The normalized spacial score (nSPS) is 12.9. The van der Waals surface area contributed by atoms with E-state index in [1.807, 2.05) is 20.0 Å². The Kier molecular flexibility index (Phi) is 3.40. The van der Waals surface area contributed by atoms with Gasteiger partial charge < -0.3 is 0 Å². The van der Waals surface area contributed by atoms with Crippen molar-refractivity contribution in [2.45, 2.75) is 40.5 Å². The monoisotopic (exact) mass is 178 g/mol. The Morgan fingerprint density at radius 3 is 2.62 bits per heavy atom. The highest BCUT2D eigenvalue weighted by Gasteiger charge is 2.05. The Bertz CT molecular complexity index is 281. The molecule has 0 spiro atoms. The minimum absolute atomic E-state index is 0.704. The van der Waals surface area contributed by atoms with Crippen molar-refractivity contribution in [2.75, 3.05) is 0 Å². The van der Waals surface area contributed by atoms with Gasteiger partial charge in [0.25, 0.3) is 0 Å². The fraction of sp³-hybridized carbons (Fsp3) is 0.636. The first-order valence-corrected chi connectivity index (χ1v) is 4.92. The Morgan fingerprint density at radius 1 is 1.38 bits per heavy atom. The topological polar surface area (TPSA) is 25.8 Å². The van der Waals surface area contributed by atoms with Crippen molar-refractivity contribution in [1.82, 2.24) is 9.97 Å². The molecule has 0 aliphatic rings. The van der Waals surface area contributed by atoms with Crippen LogP contribution in [0.4, 0.5) is 0 Å². The van der Waals surface area contributed by atoms with Gasteiger partial charge in [-0.05, 0) is 26.2 Å². The Morgan fingerprint density at radius 2 is 2.08 bits per heavy atom. The van der Waals surface area contributed by atoms with Crippen molar-refractivity contribution in [2.24, 2.45) is 5.92 Å². The van der Waals surface area contributed by atoms with Crippen LogP contribution in [0.25, 0.3) is 0 Å². The lowest BCUT2D eigenvalue weighted by atomic mass is 10.0. The molecule has 0 amide bonds. The summed E-state index contributed by atoms with van der Waals surface area (Å²) in [4.78, 5) is 8.80. The summed E-state index contributed by atoms with van der Waals surface area (Å²) in [5.41, 5.74) is 3.24. The van der Waals surface area contributed by atoms with Gasteiger partial charge >= 0.3 is 0 Å². The van der Waals surface area contributed by atoms with Crippen molar-refractivity contribution in [3.8, 4) is 0 Å². The van der Waals surface area contributed by atoms with E-state index in [-0.39, 0.29) is 0 Å². The minimum atomic E-state index is 0.704. The molecule has 0 N–H and O–H groups in total. The van der Waals surface area contributed by atoms with Gasteiger partial charge in [0.15, 0.2) is 0 Å². The zero-order valence-corrected chi connectivity index (χ0v) is 8.96. The van der Waals surface area contributed by atoms with E-state index < -0.39 is 0 Å². The van der Waals surface area contributed by atoms with Crippen LogP contribution in [0.15, 0.2) is 6.20 Å². The van der Waals surface area contributed by atoms with Gasteiger partial charge in [-0.25, -0.2) is 0 Å². The van der Waals surface area contributed by atoms with E-state index in [1.54, 1.807) is 0 Å². The highest BCUT2D eigenvalue weighted by molar-refractivity contribution is 5.12. The number of rotatable bonds is 3. The first-order chi connectivity index (χ1) is 6.13. The molecular weight excluding hydrogens is 160 g/mol. The lowest BCUT2D eigenvalue weighted by Gasteiger charge is -2.09. The lowest BCUT2D eigenvalue weighted by Crippen LogP contribution is -2.04. The SMILES string of the molecule is CCC(C)Cc1ncc(C)nc1C. The minimum Gasteiger partial charge on any atom is -0.258 e. The Labute approximate surface area is 80.4 Å². The molecule has 0 fully saturated rings. The highest BCUT2D eigenvalue weighted by atomic mass is 14.8. The summed E-state index contributed by atoms with van der Waals surface area (Å²) in [6.07, 6.45) is 4.11. The molecule has 1 aromatic rings. The zero-order valence-electron chi connectivity index (χ0n) is 8.96. The third-order valence-electron chi connectivity index (χ3n) is 2.41. The molecule has 2 nitrogen and oxygen atoms in total. The largest absolute Gasteiger partial charge is 0.258 e. The predicted octanol–water partition coefficient (Wildman–Crippen LogP) is 2.68. The molecule has 72 valence electrons. The lowest BCUT2D eigenvalue weighted by molar-refractivity contribution is 0.548. The van der Waals surface area contributed by atoms with Crippen LogP contribution in [0.2, 0.25) is 0 Å². The molecule has 1 aromatic heterocycles. The molecule has 0 aromatic carbocycles. The fourth-order valence-electron chi connectivity index (χ4n) is 1.30. The van der Waals surface area contributed by atoms with Gasteiger partial charge in [-0.1, -0.05) is 20.3 Å². The molecule has 0 aliphatic heterocycles. The fourth-order valence-corrected chi connectivity index (χ4v) is 1.30. The molecule has 0 saturated heterocycles. The van der Waals surface area contributed by atoms with E-state index in [2.05, 4.69) is 23.8 Å². The van der Waals surface area contributed by atoms with E-state index in [9.17, 15) is 0 Å². The van der Waals surface area contributed by atoms with Crippen LogP contribution < -0.4 is 0 Å². The van der Waals surface area contributed by atoms with Gasteiger partial charge in [0.2, 0.25) is 0 Å². The average molecular weight is 178 g/mol. The van der Waals surface area contributed by atoms with Gasteiger partial charge in [-0.2, -0.15) is 0 Å².